The molecule has 2 aromatic rings. The van der Waals surface area contributed by atoms with Gasteiger partial charge in [-0.25, -0.2) is 5.48 Å². The lowest BCUT2D eigenvalue weighted by Crippen LogP contribution is -2.25. The molecule has 0 saturated heterocycles. The van der Waals surface area contributed by atoms with E-state index in [9.17, 15) is 9.59 Å². The molecule has 23 heavy (non-hydrogen) atoms. The Morgan fingerprint density at radius 2 is 1.87 bits per heavy atom. The standard InChI is InChI=1S/C17H16N2O4/c20-16(10-9-13-5-2-1-3-6-13)18-14-7-4-8-15(11-14)23-12-17(21)19-22/h1-11,22H,12H2,(H,18,20)(H,19,21). The molecular weight excluding hydrogens is 296 g/mol. The molecule has 118 valence electrons. The lowest BCUT2D eigenvalue weighted by atomic mass is 10.2. The number of hydrogen-bond donors (Lipinski definition) is 3. The van der Waals surface area contributed by atoms with Crippen LogP contribution in [0.2, 0.25) is 0 Å². The first-order valence-corrected chi connectivity index (χ1v) is 6.87. The van der Waals surface area contributed by atoms with E-state index >= 15 is 0 Å². The van der Waals surface area contributed by atoms with Crippen molar-refractivity contribution in [3.05, 3.63) is 66.2 Å². The number of carbonyl (C=O) groups is 2. The second-order valence-corrected chi connectivity index (χ2v) is 4.58. The van der Waals surface area contributed by atoms with Gasteiger partial charge in [0.2, 0.25) is 5.91 Å². The van der Waals surface area contributed by atoms with Gasteiger partial charge in [0.25, 0.3) is 5.91 Å². The Morgan fingerprint density at radius 1 is 1.09 bits per heavy atom. The van der Waals surface area contributed by atoms with E-state index in [2.05, 4.69) is 5.32 Å². The van der Waals surface area contributed by atoms with Crippen LogP contribution in [0.1, 0.15) is 5.56 Å². The molecule has 0 unspecified atom stereocenters. The molecule has 0 bridgehead atoms. The van der Waals surface area contributed by atoms with Crippen molar-refractivity contribution in [1.82, 2.24) is 5.48 Å². The highest BCUT2D eigenvalue weighted by atomic mass is 16.5. The number of nitrogens with one attached hydrogen (secondary N) is 2. The van der Waals surface area contributed by atoms with E-state index in [4.69, 9.17) is 9.94 Å². The zero-order valence-electron chi connectivity index (χ0n) is 12.2. The van der Waals surface area contributed by atoms with Crippen molar-refractivity contribution in [2.75, 3.05) is 11.9 Å². The zero-order chi connectivity index (χ0) is 16.5. The van der Waals surface area contributed by atoms with E-state index in [1.54, 1.807) is 30.3 Å². The number of amides is 2. The molecule has 3 N–H and O–H groups in total. The van der Waals surface area contributed by atoms with Crippen molar-refractivity contribution in [1.29, 1.82) is 0 Å². The predicted octanol–water partition coefficient (Wildman–Crippen LogP) is 2.22. The second kappa shape index (κ2) is 8.35. The number of hydroxylamine groups is 1. The Hall–Kier alpha value is -3.12. The van der Waals surface area contributed by atoms with Gasteiger partial charge in [-0.1, -0.05) is 36.4 Å². The molecule has 6 heteroatoms. The van der Waals surface area contributed by atoms with Gasteiger partial charge in [0.1, 0.15) is 5.75 Å². The highest BCUT2D eigenvalue weighted by Gasteiger charge is 2.03. The SMILES string of the molecule is O=C(C=Cc1ccccc1)Nc1cccc(OCC(=O)NO)c1. The van der Waals surface area contributed by atoms with Gasteiger partial charge in [-0.3, -0.25) is 14.8 Å². The van der Waals surface area contributed by atoms with Gasteiger partial charge in [0.05, 0.1) is 0 Å². The largest absolute Gasteiger partial charge is 0.484 e. The average molecular weight is 312 g/mol. The van der Waals surface area contributed by atoms with Crippen molar-refractivity contribution in [3.8, 4) is 5.75 Å². The fourth-order valence-electron chi connectivity index (χ4n) is 1.76. The van der Waals surface area contributed by atoms with Crippen LogP contribution in [-0.4, -0.2) is 23.6 Å². The van der Waals surface area contributed by atoms with Gasteiger partial charge in [0.15, 0.2) is 6.61 Å². The summed E-state index contributed by atoms with van der Waals surface area (Å²) in [6.45, 7) is -0.318. The zero-order valence-corrected chi connectivity index (χ0v) is 12.2. The summed E-state index contributed by atoms with van der Waals surface area (Å²) in [5.74, 6) is -0.539. The van der Waals surface area contributed by atoms with Crippen LogP contribution in [0.4, 0.5) is 5.69 Å². The number of ether oxygens (including phenoxy) is 1. The normalized spacial score (nSPS) is 10.3. The fourth-order valence-corrected chi connectivity index (χ4v) is 1.76. The Kier molecular flexibility index (Phi) is 5.90. The molecule has 6 nitrogen and oxygen atoms in total. The maximum atomic E-state index is 11.9. The number of carbonyl (C=O) groups excluding carboxylic acids is 2. The lowest BCUT2D eigenvalue weighted by molar-refractivity contribution is -0.131. The van der Waals surface area contributed by atoms with Crippen LogP contribution in [0.15, 0.2) is 60.7 Å². The van der Waals surface area contributed by atoms with E-state index in [-0.39, 0.29) is 12.5 Å². The van der Waals surface area contributed by atoms with Crippen molar-refractivity contribution in [2.24, 2.45) is 0 Å². The van der Waals surface area contributed by atoms with Gasteiger partial charge in [-0.15, -0.1) is 0 Å². The van der Waals surface area contributed by atoms with Gasteiger partial charge in [0, 0.05) is 17.8 Å². The van der Waals surface area contributed by atoms with Gasteiger partial charge < -0.3 is 10.1 Å². The van der Waals surface area contributed by atoms with Crippen molar-refractivity contribution in [2.45, 2.75) is 0 Å². The third kappa shape index (κ3) is 5.64. The average Bonchev–Trinajstić information content (AvgIpc) is 2.59. The smallest absolute Gasteiger partial charge is 0.281 e. The molecule has 2 amide bonds. The molecule has 2 aromatic carbocycles. The summed E-state index contributed by atoms with van der Waals surface area (Å²) in [6.07, 6.45) is 3.14. The van der Waals surface area contributed by atoms with E-state index in [1.165, 1.54) is 11.6 Å². The molecule has 0 spiro atoms. The quantitative estimate of drug-likeness (QED) is 0.433. The summed E-state index contributed by atoms with van der Waals surface area (Å²) in [6, 6.07) is 16.1. The molecule has 0 saturated carbocycles. The number of rotatable bonds is 6. The Balaban J connectivity index is 1.93. The van der Waals surface area contributed by atoms with E-state index in [0.29, 0.717) is 11.4 Å². The first kappa shape index (κ1) is 16.3. The van der Waals surface area contributed by atoms with Crippen LogP contribution in [0, 0.1) is 0 Å². The van der Waals surface area contributed by atoms with Crippen molar-refractivity contribution < 1.29 is 19.5 Å². The highest BCUT2D eigenvalue weighted by molar-refractivity contribution is 6.02. The summed E-state index contributed by atoms with van der Waals surface area (Å²) in [7, 11) is 0. The molecule has 0 aliphatic rings. The van der Waals surface area contributed by atoms with Gasteiger partial charge in [-0.2, -0.15) is 0 Å². The second-order valence-electron chi connectivity index (χ2n) is 4.58. The van der Waals surface area contributed by atoms with E-state index < -0.39 is 5.91 Å². The van der Waals surface area contributed by atoms with Gasteiger partial charge in [-0.05, 0) is 23.8 Å². The molecule has 0 aliphatic heterocycles. The summed E-state index contributed by atoms with van der Waals surface area (Å²) in [5.41, 5.74) is 2.93. The van der Waals surface area contributed by atoms with E-state index in [1.807, 2.05) is 30.3 Å². The Labute approximate surface area is 133 Å². The molecule has 0 aromatic heterocycles. The molecule has 2 rings (SSSR count). The third-order valence-electron chi connectivity index (χ3n) is 2.82. The van der Waals surface area contributed by atoms with Crippen molar-refractivity contribution in [3.63, 3.8) is 0 Å². The van der Waals surface area contributed by atoms with E-state index in [0.717, 1.165) is 5.56 Å². The summed E-state index contributed by atoms with van der Waals surface area (Å²) in [5, 5.41) is 11.1. The molecule has 0 aliphatic carbocycles. The highest BCUT2D eigenvalue weighted by Crippen LogP contribution is 2.17. The van der Waals surface area contributed by atoms with Crippen LogP contribution in [-0.2, 0) is 9.59 Å². The summed E-state index contributed by atoms with van der Waals surface area (Å²) < 4.78 is 5.17. The number of hydrogen-bond acceptors (Lipinski definition) is 4. The summed E-state index contributed by atoms with van der Waals surface area (Å²) in [4.78, 5) is 22.8. The van der Waals surface area contributed by atoms with Crippen LogP contribution in [0.5, 0.6) is 5.75 Å². The minimum absolute atomic E-state index is 0.279. The van der Waals surface area contributed by atoms with Crippen LogP contribution in [0.25, 0.3) is 6.08 Å². The first-order valence-electron chi connectivity index (χ1n) is 6.87. The molecule has 0 radical (unpaired) electrons. The Bertz CT molecular complexity index is 699. The maximum absolute atomic E-state index is 11.9. The topological polar surface area (TPSA) is 87.7 Å². The molecule has 0 atom stereocenters. The monoisotopic (exact) mass is 312 g/mol. The Morgan fingerprint density at radius 3 is 2.61 bits per heavy atom. The first-order chi connectivity index (χ1) is 11.2. The minimum Gasteiger partial charge on any atom is -0.484 e. The molecular formula is C17H16N2O4. The van der Waals surface area contributed by atoms with Crippen LogP contribution >= 0.6 is 0 Å². The van der Waals surface area contributed by atoms with Crippen LogP contribution < -0.4 is 15.5 Å². The number of anilines is 1. The molecule has 0 fully saturated rings. The van der Waals surface area contributed by atoms with Crippen molar-refractivity contribution >= 4 is 23.6 Å². The van der Waals surface area contributed by atoms with Crippen LogP contribution in [0.3, 0.4) is 0 Å². The summed E-state index contributed by atoms with van der Waals surface area (Å²) >= 11 is 0. The third-order valence-corrected chi connectivity index (χ3v) is 2.82. The maximum Gasteiger partial charge on any atom is 0.281 e. The fraction of sp³-hybridized carbons (Fsp3) is 0.0588. The number of benzene rings is 2. The van der Waals surface area contributed by atoms with Gasteiger partial charge >= 0.3 is 0 Å². The predicted molar refractivity (Wildman–Crippen MR) is 86.0 cm³/mol. The minimum atomic E-state index is -0.662. The molecule has 0 heterocycles. The lowest BCUT2D eigenvalue weighted by Gasteiger charge is -2.07.